The van der Waals surface area contributed by atoms with Gasteiger partial charge >= 0.3 is 5.97 Å². The molecular weight excluding hydrogens is 216 g/mol. The third-order valence-corrected chi connectivity index (χ3v) is 2.95. The van der Waals surface area contributed by atoms with Crippen molar-refractivity contribution in [2.24, 2.45) is 5.92 Å². The second kappa shape index (κ2) is 7.49. The topological polar surface area (TPSA) is 46.5 Å². The van der Waals surface area contributed by atoms with E-state index in [0.29, 0.717) is 6.42 Å². The van der Waals surface area contributed by atoms with Gasteiger partial charge in [0.15, 0.2) is 0 Å². The van der Waals surface area contributed by atoms with Crippen molar-refractivity contribution in [1.82, 2.24) is 0 Å². The van der Waals surface area contributed by atoms with Crippen molar-refractivity contribution in [3.63, 3.8) is 0 Å². The summed E-state index contributed by atoms with van der Waals surface area (Å²) >= 11 is 0. The van der Waals surface area contributed by atoms with Crippen molar-refractivity contribution in [3.8, 4) is 0 Å². The van der Waals surface area contributed by atoms with Crippen LogP contribution in [0.5, 0.6) is 0 Å². The predicted molar refractivity (Wildman–Crippen MR) is 69.5 cm³/mol. The minimum Gasteiger partial charge on any atom is -0.430 e. The number of esters is 1. The van der Waals surface area contributed by atoms with E-state index < -0.39 is 11.8 Å². The molecule has 0 bridgehead atoms. The highest BCUT2D eigenvalue weighted by atomic mass is 16.7. The van der Waals surface area contributed by atoms with E-state index in [9.17, 15) is 9.90 Å². The molecule has 17 heavy (non-hydrogen) atoms. The normalized spacial score (nSPS) is 15.9. The summed E-state index contributed by atoms with van der Waals surface area (Å²) in [6.07, 6.45) is 4.80. The molecule has 0 saturated heterocycles. The molecule has 3 heteroatoms. The van der Waals surface area contributed by atoms with E-state index in [0.717, 1.165) is 24.8 Å². The molecule has 0 saturated carbocycles. The van der Waals surface area contributed by atoms with Crippen LogP contribution < -0.4 is 0 Å². The fraction of sp³-hybridized carbons (Fsp3) is 0.786. The zero-order valence-corrected chi connectivity index (χ0v) is 11.7. The Balaban J connectivity index is 4.55. The highest BCUT2D eigenvalue weighted by Crippen LogP contribution is 2.27. The highest BCUT2D eigenvalue weighted by Gasteiger charge is 2.35. The Bertz CT molecular complexity index is 267. The van der Waals surface area contributed by atoms with E-state index in [4.69, 9.17) is 4.74 Å². The molecule has 1 N–H and O–H groups in total. The van der Waals surface area contributed by atoms with Crippen molar-refractivity contribution >= 4 is 5.97 Å². The lowest BCUT2D eigenvalue weighted by atomic mass is 9.92. The van der Waals surface area contributed by atoms with Gasteiger partial charge in [0, 0.05) is 18.4 Å². The molecule has 0 amide bonds. The number of aliphatic hydroxyl groups is 1. The largest absolute Gasteiger partial charge is 0.430 e. The van der Waals surface area contributed by atoms with Gasteiger partial charge in [0.1, 0.15) is 0 Å². The van der Waals surface area contributed by atoms with Crippen molar-refractivity contribution in [1.29, 1.82) is 0 Å². The maximum absolute atomic E-state index is 11.5. The molecule has 3 nitrogen and oxygen atoms in total. The molecule has 0 aliphatic carbocycles. The molecule has 0 aromatic heterocycles. The monoisotopic (exact) mass is 242 g/mol. The van der Waals surface area contributed by atoms with Gasteiger partial charge in [0.05, 0.1) is 0 Å². The van der Waals surface area contributed by atoms with Gasteiger partial charge in [-0.25, -0.2) is 4.79 Å². The smallest absolute Gasteiger partial charge is 0.333 e. The Labute approximate surface area is 105 Å². The second-order valence-corrected chi connectivity index (χ2v) is 4.88. The molecule has 2 unspecified atom stereocenters. The van der Waals surface area contributed by atoms with E-state index in [1.165, 1.54) is 6.08 Å². The second-order valence-electron chi connectivity index (χ2n) is 4.88. The van der Waals surface area contributed by atoms with E-state index in [1.54, 1.807) is 0 Å². The maximum atomic E-state index is 11.5. The third-order valence-electron chi connectivity index (χ3n) is 2.95. The molecule has 0 aromatic rings. The molecular formula is C14H26O3. The van der Waals surface area contributed by atoms with Gasteiger partial charge < -0.3 is 9.84 Å². The Kier molecular flexibility index (Phi) is 7.12. The van der Waals surface area contributed by atoms with Gasteiger partial charge in [-0.05, 0) is 20.3 Å². The molecule has 2 atom stereocenters. The van der Waals surface area contributed by atoms with Crippen molar-refractivity contribution in [2.45, 2.75) is 66.1 Å². The number of hydrogen-bond acceptors (Lipinski definition) is 3. The Morgan fingerprint density at radius 1 is 1.41 bits per heavy atom. The van der Waals surface area contributed by atoms with Crippen LogP contribution in [-0.4, -0.2) is 16.9 Å². The zero-order chi connectivity index (χ0) is 13.5. The first-order valence-corrected chi connectivity index (χ1v) is 6.46. The average molecular weight is 242 g/mol. The standard InChI is InChI=1S/C14H26O3/c1-6-8-9-12(5)14(16,7-2)17-13(15)10-11(3)4/h10,12,16H,6-9H2,1-5H3. The van der Waals surface area contributed by atoms with E-state index in [2.05, 4.69) is 6.92 Å². The number of carbonyl (C=O) groups is 1. The molecule has 0 rings (SSSR count). The molecule has 0 aromatic carbocycles. The lowest BCUT2D eigenvalue weighted by molar-refractivity contribution is -0.227. The van der Waals surface area contributed by atoms with Crippen LogP contribution in [0.4, 0.5) is 0 Å². The van der Waals surface area contributed by atoms with Crippen LogP contribution in [0, 0.1) is 5.92 Å². The molecule has 0 aliphatic heterocycles. The van der Waals surface area contributed by atoms with Gasteiger partial charge in [0.2, 0.25) is 5.79 Å². The first kappa shape index (κ1) is 16.2. The maximum Gasteiger partial charge on any atom is 0.333 e. The van der Waals surface area contributed by atoms with Crippen LogP contribution in [0.3, 0.4) is 0 Å². The first-order chi connectivity index (χ1) is 7.85. The quantitative estimate of drug-likeness (QED) is 0.423. The minimum absolute atomic E-state index is 0.0398. The van der Waals surface area contributed by atoms with E-state index >= 15 is 0 Å². The predicted octanol–water partition coefficient (Wildman–Crippen LogP) is 3.42. The Morgan fingerprint density at radius 2 is 2.00 bits per heavy atom. The summed E-state index contributed by atoms with van der Waals surface area (Å²) in [6.45, 7) is 9.51. The van der Waals surface area contributed by atoms with Crippen LogP contribution in [0.25, 0.3) is 0 Å². The number of carbonyl (C=O) groups excluding carboxylic acids is 1. The first-order valence-electron chi connectivity index (χ1n) is 6.46. The highest BCUT2D eigenvalue weighted by molar-refractivity contribution is 5.82. The third kappa shape index (κ3) is 5.87. The van der Waals surface area contributed by atoms with Crippen LogP contribution in [0.15, 0.2) is 11.6 Å². The number of rotatable bonds is 7. The number of allylic oxidation sites excluding steroid dienone is 1. The van der Waals surface area contributed by atoms with E-state index in [-0.39, 0.29) is 5.92 Å². The fourth-order valence-corrected chi connectivity index (χ4v) is 1.70. The summed E-state index contributed by atoms with van der Waals surface area (Å²) in [5.41, 5.74) is 0.870. The summed E-state index contributed by atoms with van der Waals surface area (Å²) in [6, 6.07) is 0. The number of ether oxygens (including phenoxy) is 1. The SMILES string of the molecule is CCCCC(C)C(O)(CC)OC(=O)C=C(C)C. The van der Waals surface area contributed by atoms with Crippen LogP contribution >= 0.6 is 0 Å². The summed E-state index contributed by atoms with van der Waals surface area (Å²) in [7, 11) is 0. The Morgan fingerprint density at radius 3 is 2.41 bits per heavy atom. The molecule has 0 aliphatic rings. The summed E-state index contributed by atoms with van der Waals surface area (Å²) in [4.78, 5) is 11.5. The molecule has 0 spiro atoms. The van der Waals surface area contributed by atoms with Gasteiger partial charge in [-0.15, -0.1) is 0 Å². The summed E-state index contributed by atoms with van der Waals surface area (Å²) in [5.74, 6) is -1.84. The van der Waals surface area contributed by atoms with Crippen molar-refractivity contribution < 1.29 is 14.6 Å². The lowest BCUT2D eigenvalue weighted by Gasteiger charge is -2.32. The van der Waals surface area contributed by atoms with E-state index in [1.807, 2.05) is 27.7 Å². The molecule has 0 radical (unpaired) electrons. The van der Waals surface area contributed by atoms with Crippen LogP contribution in [0.1, 0.15) is 60.3 Å². The molecule has 0 heterocycles. The minimum atomic E-state index is -1.34. The number of hydrogen-bond donors (Lipinski definition) is 1. The van der Waals surface area contributed by atoms with Crippen molar-refractivity contribution in [2.75, 3.05) is 0 Å². The molecule has 100 valence electrons. The van der Waals surface area contributed by atoms with Gasteiger partial charge in [0.25, 0.3) is 0 Å². The summed E-state index contributed by atoms with van der Waals surface area (Å²) in [5, 5.41) is 10.3. The summed E-state index contributed by atoms with van der Waals surface area (Å²) < 4.78 is 5.20. The molecule has 0 fully saturated rings. The van der Waals surface area contributed by atoms with Gasteiger partial charge in [-0.3, -0.25) is 0 Å². The Hall–Kier alpha value is -0.830. The average Bonchev–Trinajstić information content (AvgIpc) is 2.24. The zero-order valence-electron chi connectivity index (χ0n) is 11.7. The fourth-order valence-electron chi connectivity index (χ4n) is 1.70. The van der Waals surface area contributed by atoms with Crippen molar-refractivity contribution in [3.05, 3.63) is 11.6 Å². The van der Waals surface area contributed by atoms with Gasteiger partial charge in [-0.2, -0.15) is 0 Å². The van der Waals surface area contributed by atoms with Gasteiger partial charge in [-0.1, -0.05) is 39.2 Å². The lowest BCUT2D eigenvalue weighted by Crippen LogP contribution is -2.40. The van der Waals surface area contributed by atoms with Crippen LogP contribution in [-0.2, 0) is 9.53 Å². The number of unbranched alkanes of at least 4 members (excludes halogenated alkanes) is 1. The van der Waals surface area contributed by atoms with Crippen LogP contribution in [0.2, 0.25) is 0 Å².